The first kappa shape index (κ1) is 4.89. The molecule has 0 saturated heterocycles. The highest BCUT2D eigenvalue weighted by Crippen LogP contribution is 2.12. The van der Waals surface area contributed by atoms with Gasteiger partial charge in [0, 0.05) is 0 Å². The maximum absolute atomic E-state index is 8.46. The van der Waals surface area contributed by atoms with Gasteiger partial charge < -0.3 is 5.11 Å². The van der Waals surface area contributed by atoms with E-state index in [4.69, 9.17) is 5.11 Å². The van der Waals surface area contributed by atoms with Crippen molar-refractivity contribution in [3.8, 4) is 0 Å². The van der Waals surface area contributed by atoms with Gasteiger partial charge in [-0.25, -0.2) is 0 Å². The number of aliphatic hydroxyl groups excluding tert-OH is 1. The molecule has 0 radical (unpaired) electrons. The molecule has 0 aliphatic carbocycles. The summed E-state index contributed by atoms with van der Waals surface area (Å²) in [4.78, 5) is 0. The normalized spacial score (nSPS) is 10.4. The molecule has 1 aromatic rings. The van der Waals surface area contributed by atoms with Gasteiger partial charge in [-0.15, -0.1) is 8.19 Å². The van der Waals surface area contributed by atoms with Gasteiger partial charge in [0.25, 0.3) is 0 Å². The Balaban J connectivity index is 2.76. The number of hydrogen-bond donors (Lipinski definition) is 1. The summed E-state index contributed by atoms with van der Waals surface area (Å²) in [6.45, 7) is 0.228. The molecule has 1 rings (SSSR count). The fourth-order valence-electron chi connectivity index (χ4n) is 0.466. The molecule has 1 atom stereocenters. The Morgan fingerprint density at radius 1 is 1.71 bits per heavy atom. The number of aliphatic hydroxyl groups is 1. The third-order valence-electron chi connectivity index (χ3n) is 0.833. The summed E-state index contributed by atoms with van der Waals surface area (Å²) >= 11 is 0. The molecule has 0 saturated carbocycles. The molecule has 1 unspecified atom stereocenters. The van der Waals surface area contributed by atoms with Gasteiger partial charge in [-0.3, -0.25) is 0 Å². The van der Waals surface area contributed by atoms with Crippen LogP contribution in [0.5, 0.6) is 0 Å². The minimum Gasteiger partial charge on any atom is -0.391 e. The van der Waals surface area contributed by atoms with E-state index in [1.165, 1.54) is 0 Å². The Hall–Kier alpha value is -0.260. The van der Waals surface area contributed by atoms with Crippen molar-refractivity contribution in [3.63, 3.8) is 0 Å². The smallest absolute Gasteiger partial charge is 0.0715 e. The molecule has 1 aromatic heterocycles. The summed E-state index contributed by atoms with van der Waals surface area (Å²) in [5.41, 5.74) is 0. The van der Waals surface area contributed by atoms with E-state index in [1.54, 1.807) is 0 Å². The van der Waals surface area contributed by atoms with Gasteiger partial charge in [-0.1, -0.05) is 12.1 Å². The minimum atomic E-state index is 0.228. The minimum absolute atomic E-state index is 0.228. The third-order valence-corrected chi connectivity index (χ3v) is 1.89. The predicted octanol–water partition coefficient (Wildman–Crippen LogP) is 1.21. The highest BCUT2D eigenvalue weighted by atomic mass is 31.0. The Bertz CT molecular complexity index is 123. The molecule has 0 aromatic carbocycles. The van der Waals surface area contributed by atoms with Crippen molar-refractivity contribution in [2.75, 3.05) is 0 Å². The van der Waals surface area contributed by atoms with Crippen molar-refractivity contribution >= 4 is 8.19 Å². The van der Waals surface area contributed by atoms with Gasteiger partial charge in [0.2, 0.25) is 0 Å². The first-order valence-corrected chi connectivity index (χ1v) is 3.24. The van der Waals surface area contributed by atoms with Crippen LogP contribution in [0.3, 0.4) is 0 Å². The van der Waals surface area contributed by atoms with E-state index in [0.717, 1.165) is 13.5 Å². The van der Waals surface area contributed by atoms with Gasteiger partial charge in [-0.2, -0.15) is 0 Å². The van der Waals surface area contributed by atoms with Gasteiger partial charge in [-0.05, 0) is 11.1 Å². The van der Waals surface area contributed by atoms with E-state index >= 15 is 0 Å². The van der Waals surface area contributed by atoms with Gasteiger partial charge in [0.1, 0.15) is 0 Å². The van der Waals surface area contributed by atoms with E-state index < -0.39 is 0 Å². The van der Waals surface area contributed by atoms with Crippen molar-refractivity contribution in [1.82, 2.24) is 0 Å². The van der Waals surface area contributed by atoms with Crippen LogP contribution in [-0.2, 0) is 6.61 Å². The molecule has 7 heavy (non-hydrogen) atoms. The van der Waals surface area contributed by atoms with E-state index in [9.17, 15) is 0 Å². The van der Waals surface area contributed by atoms with Crippen molar-refractivity contribution in [2.45, 2.75) is 6.61 Å². The second-order valence-electron chi connectivity index (χ2n) is 1.35. The van der Waals surface area contributed by atoms with Crippen LogP contribution in [-0.4, -0.2) is 5.11 Å². The topological polar surface area (TPSA) is 20.2 Å². The highest BCUT2D eigenvalue weighted by Gasteiger charge is 1.82. The monoisotopic (exact) mass is 114 g/mol. The molecule has 0 bridgehead atoms. The van der Waals surface area contributed by atoms with Gasteiger partial charge >= 0.3 is 0 Å². The highest BCUT2D eigenvalue weighted by molar-refractivity contribution is 7.30. The SMILES string of the molecule is OCc1ccc[pH]1. The predicted molar refractivity (Wildman–Crippen MR) is 31.9 cm³/mol. The quantitative estimate of drug-likeness (QED) is 0.581. The van der Waals surface area contributed by atoms with Crippen molar-refractivity contribution in [2.24, 2.45) is 0 Å². The molecule has 0 amide bonds. The van der Waals surface area contributed by atoms with Crippen LogP contribution in [0.1, 0.15) is 5.30 Å². The fraction of sp³-hybridized carbons (Fsp3) is 0.200. The first-order chi connectivity index (χ1) is 3.43. The molecule has 1 N–H and O–H groups in total. The maximum atomic E-state index is 8.46. The van der Waals surface area contributed by atoms with Gasteiger partial charge in [0.15, 0.2) is 0 Å². The number of rotatable bonds is 1. The van der Waals surface area contributed by atoms with Crippen LogP contribution in [0, 0.1) is 0 Å². The van der Waals surface area contributed by atoms with Crippen LogP contribution in [0.2, 0.25) is 0 Å². The zero-order valence-corrected chi connectivity index (χ0v) is 4.89. The van der Waals surface area contributed by atoms with E-state index in [2.05, 4.69) is 5.80 Å². The van der Waals surface area contributed by atoms with E-state index in [0.29, 0.717) is 0 Å². The number of hydrogen-bond acceptors (Lipinski definition) is 1. The largest absolute Gasteiger partial charge is 0.391 e. The van der Waals surface area contributed by atoms with Crippen LogP contribution in [0.25, 0.3) is 0 Å². The molecule has 2 heteroatoms. The summed E-state index contributed by atoms with van der Waals surface area (Å²) in [5.74, 6) is 2.06. The lowest BCUT2D eigenvalue weighted by molar-refractivity contribution is 0.285. The maximum Gasteiger partial charge on any atom is 0.0715 e. The summed E-state index contributed by atoms with van der Waals surface area (Å²) in [6, 6.07) is 3.93. The third kappa shape index (κ3) is 1.05. The zero-order chi connectivity index (χ0) is 5.11. The lowest BCUT2D eigenvalue weighted by Gasteiger charge is -1.80. The second-order valence-corrected chi connectivity index (χ2v) is 2.62. The Morgan fingerprint density at radius 2 is 2.57 bits per heavy atom. The first-order valence-electron chi connectivity index (χ1n) is 2.16. The van der Waals surface area contributed by atoms with Crippen molar-refractivity contribution in [3.05, 3.63) is 23.2 Å². The molecule has 38 valence electrons. The van der Waals surface area contributed by atoms with Crippen LogP contribution in [0.15, 0.2) is 17.9 Å². The summed E-state index contributed by atoms with van der Waals surface area (Å²) in [5, 5.41) is 9.60. The molecule has 0 aliphatic heterocycles. The Labute approximate surface area is 44.1 Å². The molecule has 0 spiro atoms. The summed E-state index contributed by atoms with van der Waals surface area (Å²) < 4.78 is 0. The van der Waals surface area contributed by atoms with Gasteiger partial charge in [0.05, 0.1) is 6.61 Å². The van der Waals surface area contributed by atoms with Crippen molar-refractivity contribution in [1.29, 1.82) is 0 Å². The fourth-order valence-corrected chi connectivity index (χ4v) is 1.16. The van der Waals surface area contributed by atoms with E-state index in [-0.39, 0.29) is 6.61 Å². The summed E-state index contributed by atoms with van der Waals surface area (Å²) in [6.07, 6.45) is 0. The molecule has 0 fully saturated rings. The molecule has 1 heterocycles. The second kappa shape index (κ2) is 2.15. The van der Waals surface area contributed by atoms with Crippen molar-refractivity contribution < 1.29 is 5.11 Å². The Kier molecular flexibility index (Phi) is 1.50. The average molecular weight is 114 g/mol. The van der Waals surface area contributed by atoms with E-state index in [1.807, 2.05) is 12.1 Å². The summed E-state index contributed by atoms with van der Waals surface area (Å²) in [7, 11) is 0.730. The Morgan fingerprint density at radius 3 is 2.86 bits per heavy atom. The standard InChI is InChI=1S/C5H7OP/c6-4-5-2-1-3-7-5/h1-3,6-7H,4H2. The molecule has 0 aliphatic rings. The molecular weight excluding hydrogens is 107 g/mol. The van der Waals surface area contributed by atoms with Crippen LogP contribution >= 0.6 is 8.19 Å². The lowest BCUT2D eigenvalue weighted by Crippen LogP contribution is -1.68. The van der Waals surface area contributed by atoms with Crippen LogP contribution < -0.4 is 0 Å². The molecule has 1 nitrogen and oxygen atoms in total. The van der Waals surface area contributed by atoms with Crippen LogP contribution in [0.4, 0.5) is 0 Å². The lowest BCUT2D eigenvalue weighted by atomic mass is 10.5. The average Bonchev–Trinajstić information content (AvgIpc) is 2.14. The zero-order valence-electron chi connectivity index (χ0n) is 3.89. The molecular formula is C5H7OP.